The van der Waals surface area contributed by atoms with Gasteiger partial charge in [0, 0.05) is 13.1 Å². The van der Waals surface area contributed by atoms with E-state index in [-0.39, 0.29) is 17.1 Å². The van der Waals surface area contributed by atoms with Gasteiger partial charge in [-0.15, -0.1) is 0 Å². The summed E-state index contributed by atoms with van der Waals surface area (Å²) in [4.78, 5) is 25.7. The molecule has 0 aliphatic rings. The molecule has 0 aliphatic carbocycles. The molecule has 1 heterocycles. The number of aliphatic carboxylic acids is 1. The fraction of sp³-hybridized carbons (Fsp3) is 0.174. The molecule has 204 valence electrons. The van der Waals surface area contributed by atoms with Crippen LogP contribution >= 0.6 is 0 Å². The molecule has 0 unspecified atom stereocenters. The van der Waals surface area contributed by atoms with Crippen LogP contribution in [0.1, 0.15) is 22.8 Å². The number of alkyl halides is 3. The highest BCUT2D eigenvalue weighted by atomic mass is 32.2. The summed E-state index contributed by atoms with van der Waals surface area (Å²) in [6, 6.07) is 12.5. The van der Waals surface area contributed by atoms with Crippen molar-refractivity contribution in [3.63, 3.8) is 0 Å². The van der Waals surface area contributed by atoms with E-state index in [2.05, 4.69) is 9.71 Å². The van der Waals surface area contributed by atoms with E-state index in [1.807, 2.05) is 37.3 Å². The number of nitrogens with zero attached hydrogens (tertiary/aromatic N) is 2. The molecule has 1 aromatic heterocycles. The lowest BCUT2D eigenvalue weighted by molar-refractivity contribution is -0.192. The normalized spacial score (nSPS) is 11.2. The van der Waals surface area contributed by atoms with Gasteiger partial charge < -0.3 is 15.1 Å². The van der Waals surface area contributed by atoms with Gasteiger partial charge in [-0.25, -0.2) is 31.8 Å². The third kappa shape index (κ3) is 8.12. The maximum atomic E-state index is 13.9. The van der Waals surface area contributed by atoms with Crippen molar-refractivity contribution < 1.29 is 50.2 Å². The van der Waals surface area contributed by atoms with E-state index < -0.39 is 44.7 Å². The first-order valence-electron chi connectivity index (χ1n) is 10.5. The number of carboxylic acids is 2. The summed E-state index contributed by atoms with van der Waals surface area (Å²) in [6.07, 6.45) is -3.95. The standard InChI is InChI=1S/C21H19F2N3O4S.C2HF3O2/c1-2-26(13-14-6-4-3-5-7-14)20-17(21(27)28)11-16(12-24-20)25-31(29,30)19-10-15(22)8-9-18(19)23;3-2(4,5)1(6)7/h3-12,25H,2,13H2,1H3,(H,27,28);(H,6,7). The summed E-state index contributed by atoms with van der Waals surface area (Å²) in [7, 11) is -4.51. The predicted octanol–water partition coefficient (Wildman–Crippen LogP) is 4.52. The minimum Gasteiger partial charge on any atom is -0.478 e. The molecule has 0 aliphatic heterocycles. The molecule has 0 atom stereocenters. The number of hydrogen-bond donors (Lipinski definition) is 3. The van der Waals surface area contributed by atoms with E-state index in [1.165, 1.54) is 0 Å². The molecular formula is C23H20F5N3O6S. The molecule has 0 radical (unpaired) electrons. The summed E-state index contributed by atoms with van der Waals surface area (Å²) < 4.78 is 86.0. The first-order chi connectivity index (χ1) is 17.7. The molecule has 2 aromatic carbocycles. The zero-order valence-corrected chi connectivity index (χ0v) is 20.2. The summed E-state index contributed by atoms with van der Waals surface area (Å²) in [5, 5.41) is 16.8. The van der Waals surface area contributed by atoms with Gasteiger partial charge in [0.05, 0.1) is 11.9 Å². The second-order valence-corrected chi connectivity index (χ2v) is 9.03. The van der Waals surface area contributed by atoms with Gasteiger partial charge in [0.15, 0.2) is 0 Å². The van der Waals surface area contributed by atoms with Gasteiger partial charge in [0.1, 0.15) is 27.9 Å². The molecule has 0 fully saturated rings. The number of carbonyl (C=O) groups is 2. The van der Waals surface area contributed by atoms with E-state index >= 15 is 0 Å². The number of aromatic carboxylic acids is 1. The van der Waals surface area contributed by atoms with Crippen LogP contribution in [0.5, 0.6) is 0 Å². The Labute approximate surface area is 213 Å². The number of nitrogens with one attached hydrogen (secondary N) is 1. The number of rotatable bonds is 8. The number of benzene rings is 2. The molecular weight excluding hydrogens is 541 g/mol. The quantitative estimate of drug-likeness (QED) is 0.342. The van der Waals surface area contributed by atoms with Crippen molar-refractivity contribution in [2.45, 2.75) is 24.5 Å². The Morgan fingerprint density at radius 3 is 2.16 bits per heavy atom. The first-order valence-corrected chi connectivity index (χ1v) is 11.9. The molecule has 0 saturated heterocycles. The number of aromatic nitrogens is 1. The van der Waals surface area contributed by atoms with Crippen LogP contribution in [-0.4, -0.2) is 48.3 Å². The zero-order chi connectivity index (χ0) is 28.7. The number of hydrogen-bond acceptors (Lipinski definition) is 6. The van der Waals surface area contributed by atoms with Crippen LogP contribution in [-0.2, 0) is 21.4 Å². The summed E-state index contributed by atoms with van der Waals surface area (Å²) in [5.41, 5.74) is 0.507. The number of pyridine rings is 1. The van der Waals surface area contributed by atoms with Crippen LogP contribution in [0.25, 0.3) is 0 Å². The van der Waals surface area contributed by atoms with Gasteiger partial charge in [-0.2, -0.15) is 13.2 Å². The lowest BCUT2D eigenvalue weighted by Gasteiger charge is -2.24. The first kappa shape index (κ1) is 30.0. The van der Waals surface area contributed by atoms with Crippen molar-refractivity contribution >= 4 is 33.5 Å². The van der Waals surface area contributed by atoms with Gasteiger partial charge in [0.2, 0.25) is 0 Å². The molecule has 9 nitrogen and oxygen atoms in total. The van der Waals surface area contributed by atoms with Crippen molar-refractivity contribution in [2.24, 2.45) is 0 Å². The van der Waals surface area contributed by atoms with Gasteiger partial charge in [-0.1, -0.05) is 30.3 Å². The summed E-state index contributed by atoms with van der Waals surface area (Å²) in [6.45, 7) is 2.67. The number of halogens is 5. The second kappa shape index (κ2) is 12.3. The van der Waals surface area contributed by atoms with E-state index in [1.54, 1.807) is 4.90 Å². The highest BCUT2D eigenvalue weighted by Gasteiger charge is 2.38. The Kier molecular flexibility index (Phi) is 9.71. The molecule has 3 aromatic rings. The van der Waals surface area contributed by atoms with Crippen LogP contribution < -0.4 is 9.62 Å². The summed E-state index contributed by atoms with van der Waals surface area (Å²) >= 11 is 0. The van der Waals surface area contributed by atoms with Crippen LogP contribution in [0.15, 0.2) is 65.7 Å². The Morgan fingerprint density at radius 2 is 1.63 bits per heavy atom. The van der Waals surface area contributed by atoms with Crippen molar-refractivity contribution in [3.05, 3.63) is 83.6 Å². The molecule has 0 bridgehead atoms. The van der Waals surface area contributed by atoms with Gasteiger partial charge in [0.25, 0.3) is 10.0 Å². The molecule has 0 amide bonds. The molecule has 3 N–H and O–H groups in total. The Hall–Kier alpha value is -4.27. The predicted molar refractivity (Wildman–Crippen MR) is 125 cm³/mol. The fourth-order valence-corrected chi connectivity index (χ4v) is 4.08. The minimum atomic E-state index is -5.08. The van der Waals surface area contributed by atoms with Crippen LogP contribution in [0, 0.1) is 11.6 Å². The molecule has 15 heteroatoms. The monoisotopic (exact) mass is 561 g/mol. The SMILES string of the molecule is CCN(Cc1ccccc1)c1ncc(NS(=O)(=O)c2cc(F)ccc2F)cc1C(=O)O.O=C(O)C(F)(F)F. The highest BCUT2D eigenvalue weighted by Crippen LogP contribution is 2.25. The number of carboxylic acid groups (broad SMARTS) is 2. The molecule has 0 spiro atoms. The number of sulfonamides is 1. The lowest BCUT2D eigenvalue weighted by atomic mass is 10.2. The fourth-order valence-electron chi connectivity index (χ4n) is 2.96. The van der Waals surface area contributed by atoms with Gasteiger partial charge >= 0.3 is 18.1 Å². The third-order valence-corrected chi connectivity index (χ3v) is 6.07. The Balaban J connectivity index is 0.000000638. The topological polar surface area (TPSA) is 137 Å². The van der Waals surface area contributed by atoms with Crippen LogP contribution in [0.2, 0.25) is 0 Å². The van der Waals surface area contributed by atoms with E-state index in [9.17, 15) is 40.3 Å². The maximum Gasteiger partial charge on any atom is 0.490 e. The van der Waals surface area contributed by atoms with Crippen molar-refractivity contribution in [2.75, 3.05) is 16.2 Å². The maximum absolute atomic E-state index is 13.9. The second-order valence-electron chi connectivity index (χ2n) is 7.38. The Bertz CT molecular complexity index is 1400. The lowest BCUT2D eigenvalue weighted by Crippen LogP contribution is -2.26. The van der Waals surface area contributed by atoms with Crippen molar-refractivity contribution in [1.82, 2.24) is 4.98 Å². The smallest absolute Gasteiger partial charge is 0.478 e. The molecule has 38 heavy (non-hydrogen) atoms. The average Bonchev–Trinajstić information content (AvgIpc) is 2.84. The van der Waals surface area contributed by atoms with Crippen LogP contribution in [0.4, 0.5) is 33.5 Å². The Morgan fingerprint density at radius 1 is 1.03 bits per heavy atom. The van der Waals surface area contributed by atoms with E-state index in [0.717, 1.165) is 23.9 Å². The minimum absolute atomic E-state index is 0.152. The van der Waals surface area contributed by atoms with E-state index in [4.69, 9.17) is 9.90 Å². The summed E-state index contributed by atoms with van der Waals surface area (Å²) in [5.74, 6) is -5.99. The molecule has 0 saturated carbocycles. The zero-order valence-electron chi connectivity index (χ0n) is 19.4. The average molecular weight is 561 g/mol. The van der Waals surface area contributed by atoms with Gasteiger partial charge in [-0.05, 0) is 36.8 Å². The van der Waals surface area contributed by atoms with Crippen LogP contribution in [0.3, 0.4) is 0 Å². The van der Waals surface area contributed by atoms with Crippen molar-refractivity contribution in [1.29, 1.82) is 0 Å². The highest BCUT2D eigenvalue weighted by molar-refractivity contribution is 7.92. The van der Waals surface area contributed by atoms with Gasteiger partial charge in [-0.3, -0.25) is 4.72 Å². The van der Waals surface area contributed by atoms with Crippen molar-refractivity contribution in [3.8, 4) is 0 Å². The number of anilines is 2. The molecule has 3 rings (SSSR count). The van der Waals surface area contributed by atoms with E-state index in [0.29, 0.717) is 25.2 Å². The largest absolute Gasteiger partial charge is 0.490 e. The third-order valence-electron chi connectivity index (χ3n) is 4.67.